The highest BCUT2D eigenvalue weighted by Crippen LogP contribution is 2.20. The predicted octanol–water partition coefficient (Wildman–Crippen LogP) is 0.218. The van der Waals surface area contributed by atoms with Crippen molar-refractivity contribution < 1.29 is 9.90 Å². The van der Waals surface area contributed by atoms with Crippen LogP contribution in [0.15, 0.2) is 0 Å². The Balaban J connectivity index is 1.76. The Morgan fingerprint density at radius 3 is 2.72 bits per heavy atom. The molecule has 0 amide bonds. The second-order valence-corrected chi connectivity index (χ2v) is 5.83. The summed E-state index contributed by atoms with van der Waals surface area (Å²) >= 11 is 0. The van der Waals surface area contributed by atoms with Gasteiger partial charge in [0.2, 0.25) is 0 Å². The molecule has 5 heteroatoms. The lowest BCUT2D eigenvalue weighted by Gasteiger charge is -2.28. The molecule has 2 fully saturated rings. The molecule has 2 rings (SSSR count). The lowest BCUT2D eigenvalue weighted by Crippen LogP contribution is -2.48. The van der Waals surface area contributed by atoms with E-state index in [9.17, 15) is 9.90 Å². The van der Waals surface area contributed by atoms with Gasteiger partial charge in [-0.15, -0.1) is 0 Å². The molecule has 18 heavy (non-hydrogen) atoms. The summed E-state index contributed by atoms with van der Waals surface area (Å²) in [4.78, 5) is 15.7. The third-order valence-corrected chi connectivity index (χ3v) is 4.00. The first-order valence-electron chi connectivity index (χ1n) is 6.94. The van der Waals surface area contributed by atoms with E-state index < -0.39 is 12.0 Å². The van der Waals surface area contributed by atoms with Crippen LogP contribution < -0.4 is 5.32 Å². The molecule has 2 atom stereocenters. The van der Waals surface area contributed by atoms with Crippen molar-refractivity contribution in [2.45, 2.75) is 43.8 Å². The Bertz CT molecular complexity index is 294. The van der Waals surface area contributed by atoms with Crippen LogP contribution in [0.2, 0.25) is 0 Å². The van der Waals surface area contributed by atoms with Crippen molar-refractivity contribution >= 4 is 5.97 Å². The Hall–Kier alpha value is -0.650. The molecule has 2 unspecified atom stereocenters. The standard InChI is InChI=1S/C13H25N3O2/c1-15(8-11-4-3-7-16(11)2)9-12(13(17)18)14-10-5-6-10/h10-12,14H,3-9H2,1-2H3,(H,17,18). The van der Waals surface area contributed by atoms with Crippen LogP contribution in [0.5, 0.6) is 0 Å². The van der Waals surface area contributed by atoms with Crippen LogP contribution in [0.1, 0.15) is 25.7 Å². The quantitative estimate of drug-likeness (QED) is 0.681. The van der Waals surface area contributed by atoms with Gasteiger partial charge in [0.05, 0.1) is 0 Å². The molecule has 0 aromatic rings. The zero-order chi connectivity index (χ0) is 13.1. The van der Waals surface area contributed by atoms with Gasteiger partial charge in [0.15, 0.2) is 0 Å². The number of carbonyl (C=O) groups is 1. The number of carboxylic acid groups (broad SMARTS) is 1. The first-order valence-corrected chi connectivity index (χ1v) is 6.94. The zero-order valence-corrected chi connectivity index (χ0v) is 11.4. The summed E-state index contributed by atoms with van der Waals surface area (Å²) in [6.45, 7) is 2.73. The highest BCUT2D eigenvalue weighted by molar-refractivity contribution is 5.73. The molecule has 0 radical (unpaired) electrons. The van der Waals surface area contributed by atoms with Crippen LogP contribution in [0, 0.1) is 0 Å². The third-order valence-electron chi connectivity index (χ3n) is 4.00. The number of rotatable bonds is 7. The third kappa shape index (κ3) is 3.93. The van der Waals surface area contributed by atoms with E-state index in [4.69, 9.17) is 0 Å². The fourth-order valence-electron chi connectivity index (χ4n) is 2.69. The molecule has 1 saturated carbocycles. The number of likely N-dealkylation sites (N-methyl/N-ethyl adjacent to an activating group) is 2. The van der Waals surface area contributed by atoms with Crippen LogP contribution >= 0.6 is 0 Å². The number of likely N-dealkylation sites (tertiary alicyclic amines) is 1. The summed E-state index contributed by atoms with van der Waals surface area (Å²) < 4.78 is 0. The minimum Gasteiger partial charge on any atom is -0.480 e. The van der Waals surface area contributed by atoms with Gasteiger partial charge in [-0.1, -0.05) is 0 Å². The van der Waals surface area contributed by atoms with E-state index in [1.807, 2.05) is 7.05 Å². The van der Waals surface area contributed by atoms with Gasteiger partial charge in [-0.3, -0.25) is 4.79 Å². The Morgan fingerprint density at radius 2 is 2.22 bits per heavy atom. The van der Waals surface area contributed by atoms with Crippen LogP contribution in [-0.4, -0.2) is 72.7 Å². The van der Waals surface area contributed by atoms with Gasteiger partial charge >= 0.3 is 5.97 Å². The van der Waals surface area contributed by atoms with E-state index in [2.05, 4.69) is 22.2 Å². The number of nitrogens with zero attached hydrogens (tertiary/aromatic N) is 2. The number of aliphatic carboxylic acids is 1. The molecule has 1 aliphatic heterocycles. The van der Waals surface area contributed by atoms with E-state index in [-0.39, 0.29) is 0 Å². The maximum atomic E-state index is 11.2. The van der Waals surface area contributed by atoms with E-state index in [1.165, 1.54) is 19.4 Å². The van der Waals surface area contributed by atoms with E-state index in [1.54, 1.807) is 0 Å². The molecule has 2 aliphatic rings. The molecule has 0 spiro atoms. The minimum atomic E-state index is -0.728. The second-order valence-electron chi connectivity index (χ2n) is 5.83. The van der Waals surface area contributed by atoms with Gasteiger partial charge in [-0.25, -0.2) is 0 Å². The van der Waals surface area contributed by atoms with Crippen molar-refractivity contribution in [1.29, 1.82) is 0 Å². The summed E-state index contributed by atoms with van der Waals surface area (Å²) in [6.07, 6.45) is 4.74. The average molecular weight is 255 g/mol. The molecule has 104 valence electrons. The van der Waals surface area contributed by atoms with Crippen LogP contribution in [-0.2, 0) is 4.79 Å². The van der Waals surface area contributed by atoms with Gasteiger partial charge in [0, 0.05) is 25.2 Å². The summed E-state index contributed by atoms with van der Waals surface area (Å²) in [5.41, 5.74) is 0. The SMILES string of the molecule is CN(CC(NC1CC1)C(=O)O)CC1CCCN1C. The lowest BCUT2D eigenvalue weighted by atomic mass is 10.2. The highest BCUT2D eigenvalue weighted by Gasteiger charge is 2.30. The molecule has 5 nitrogen and oxygen atoms in total. The molecular weight excluding hydrogens is 230 g/mol. The monoisotopic (exact) mass is 255 g/mol. The van der Waals surface area contributed by atoms with Crippen LogP contribution in [0.25, 0.3) is 0 Å². The maximum absolute atomic E-state index is 11.2. The Morgan fingerprint density at radius 1 is 1.50 bits per heavy atom. The Labute approximate surface area is 109 Å². The normalized spacial score (nSPS) is 26.7. The van der Waals surface area contributed by atoms with Gasteiger partial charge in [-0.05, 0) is 46.3 Å². The summed E-state index contributed by atoms with van der Waals surface area (Å²) in [5, 5.41) is 12.4. The minimum absolute atomic E-state index is 0.422. The van der Waals surface area contributed by atoms with Gasteiger partial charge in [0.1, 0.15) is 6.04 Å². The molecule has 0 aromatic carbocycles. The lowest BCUT2D eigenvalue weighted by molar-refractivity contribution is -0.140. The van der Waals surface area contributed by atoms with Gasteiger partial charge in [0.25, 0.3) is 0 Å². The Kier molecular flexibility index (Phi) is 4.59. The molecule has 0 aromatic heterocycles. The fourth-order valence-corrected chi connectivity index (χ4v) is 2.69. The molecule has 1 heterocycles. The summed E-state index contributed by atoms with van der Waals surface area (Å²) in [5.74, 6) is -0.728. The summed E-state index contributed by atoms with van der Waals surface area (Å²) in [7, 11) is 4.18. The highest BCUT2D eigenvalue weighted by atomic mass is 16.4. The van der Waals surface area contributed by atoms with Crippen molar-refractivity contribution in [1.82, 2.24) is 15.1 Å². The number of hydrogen-bond acceptors (Lipinski definition) is 4. The van der Waals surface area contributed by atoms with Crippen molar-refractivity contribution in [2.75, 3.05) is 33.7 Å². The molecular formula is C13H25N3O2. The van der Waals surface area contributed by atoms with Gasteiger partial charge < -0.3 is 20.2 Å². The van der Waals surface area contributed by atoms with Crippen molar-refractivity contribution in [2.24, 2.45) is 0 Å². The number of carboxylic acids is 1. The second kappa shape index (κ2) is 5.99. The van der Waals surface area contributed by atoms with Crippen molar-refractivity contribution in [3.8, 4) is 0 Å². The van der Waals surface area contributed by atoms with Gasteiger partial charge in [-0.2, -0.15) is 0 Å². The molecule has 2 N–H and O–H groups in total. The van der Waals surface area contributed by atoms with E-state index in [0.717, 1.165) is 19.4 Å². The topological polar surface area (TPSA) is 55.8 Å². The average Bonchev–Trinajstić information content (AvgIpc) is 3.03. The van der Waals surface area contributed by atoms with Crippen molar-refractivity contribution in [3.63, 3.8) is 0 Å². The number of nitrogens with one attached hydrogen (secondary N) is 1. The first kappa shape index (κ1) is 13.8. The van der Waals surface area contributed by atoms with Crippen LogP contribution in [0.3, 0.4) is 0 Å². The fraction of sp³-hybridized carbons (Fsp3) is 0.923. The molecule has 0 bridgehead atoms. The molecule has 1 saturated heterocycles. The predicted molar refractivity (Wildman–Crippen MR) is 70.7 cm³/mol. The molecule has 1 aliphatic carbocycles. The largest absolute Gasteiger partial charge is 0.480 e. The van der Waals surface area contributed by atoms with E-state index in [0.29, 0.717) is 18.6 Å². The van der Waals surface area contributed by atoms with E-state index >= 15 is 0 Å². The first-order chi connectivity index (χ1) is 8.56. The smallest absolute Gasteiger partial charge is 0.322 e. The maximum Gasteiger partial charge on any atom is 0.322 e. The van der Waals surface area contributed by atoms with Crippen molar-refractivity contribution in [3.05, 3.63) is 0 Å². The van der Waals surface area contributed by atoms with Crippen LogP contribution in [0.4, 0.5) is 0 Å². The number of hydrogen-bond donors (Lipinski definition) is 2. The zero-order valence-electron chi connectivity index (χ0n) is 11.4. The summed E-state index contributed by atoms with van der Waals surface area (Å²) in [6, 6.07) is 0.605.